The normalized spacial score (nSPS) is 10.8. The topological polar surface area (TPSA) is 21.3 Å². The molecule has 0 bridgehead atoms. The van der Waals surface area contributed by atoms with Crippen molar-refractivity contribution < 1.29 is 9.13 Å². The summed E-state index contributed by atoms with van der Waals surface area (Å²) in [5.74, 6) is 0.572. The van der Waals surface area contributed by atoms with Crippen LogP contribution in [0.3, 0.4) is 0 Å². The van der Waals surface area contributed by atoms with Crippen molar-refractivity contribution in [2.75, 3.05) is 6.54 Å². The van der Waals surface area contributed by atoms with Gasteiger partial charge in [-0.2, -0.15) is 0 Å². The Hall–Kier alpha value is -1.58. The summed E-state index contributed by atoms with van der Waals surface area (Å²) >= 11 is 6.11. The van der Waals surface area contributed by atoms with E-state index in [4.69, 9.17) is 16.3 Å². The predicted molar refractivity (Wildman–Crippen MR) is 98.0 cm³/mol. The Morgan fingerprint density at radius 1 is 1.04 bits per heavy atom. The Bertz CT molecular complexity index is 616. The zero-order valence-electron chi connectivity index (χ0n) is 14.2. The fourth-order valence-electron chi connectivity index (χ4n) is 2.47. The maximum Gasteiger partial charge on any atom is 0.124 e. The molecule has 0 saturated heterocycles. The molecule has 24 heavy (non-hydrogen) atoms. The van der Waals surface area contributed by atoms with Crippen molar-refractivity contribution >= 4 is 11.6 Å². The van der Waals surface area contributed by atoms with Crippen molar-refractivity contribution in [3.05, 3.63) is 64.4 Å². The van der Waals surface area contributed by atoms with Crippen molar-refractivity contribution in [3.63, 3.8) is 0 Å². The molecular formula is C20H25ClFNO. The molecule has 0 amide bonds. The van der Waals surface area contributed by atoms with Crippen LogP contribution in [0, 0.1) is 5.82 Å². The van der Waals surface area contributed by atoms with Crippen molar-refractivity contribution in [1.82, 2.24) is 5.32 Å². The van der Waals surface area contributed by atoms with Gasteiger partial charge in [-0.15, -0.1) is 0 Å². The van der Waals surface area contributed by atoms with Crippen molar-refractivity contribution in [1.29, 1.82) is 0 Å². The molecule has 0 radical (unpaired) electrons. The molecule has 0 heterocycles. The van der Waals surface area contributed by atoms with Crippen LogP contribution < -0.4 is 10.1 Å². The van der Waals surface area contributed by atoms with Crippen LogP contribution in [0.4, 0.5) is 4.39 Å². The van der Waals surface area contributed by atoms with Gasteiger partial charge in [-0.25, -0.2) is 4.39 Å². The van der Waals surface area contributed by atoms with Gasteiger partial charge in [0.05, 0.1) is 0 Å². The van der Waals surface area contributed by atoms with Gasteiger partial charge in [0.25, 0.3) is 0 Å². The van der Waals surface area contributed by atoms with Gasteiger partial charge >= 0.3 is 0 Å². The third kappa shape index (κ3) is 6.50. The zero-order chi connectivity index (χ0) is 17.2. The quantitative estimate of drug-likeness (QED) is 0.553. The van der Waals surface area contributed by atoms with E-state index in [9.17, 15) is 4.39 Å². The lowest BCUT2D eigenvalue weighted by molar-refractivity contribution is 0.302. The van der Waals surface area contributed by atoms with Crippen LogP contribution >= 0.6 is 11.6 Å². The second kappa shape index (κ2) is 10.3. The maximum absolute atomic E-state index is 12.9. The van der Waals surface area contributed by atoms with Crippen LogP contribution in [0.25, 0.3) is 0 Å². The summed E-state index contributed by atoms with van der Waals surface area (Å²) in [5, 5.41) is 4.15. The highest BCUT2D eigenvalue weighted by atomic mass is 35.5. The molecule has 0 atom stereocenters. The molecule has 0 spiro atoms. The minimum atomic E-state index is -0.238. The lowest BCUT2D eigenvalue weighted by Gasteiger charge is -2.13. The molecule has 1 N–H and O–H groups in total. The van der Waals surface area contributed by atoms with Gasteiger partial charge in [0.2, 0.25) is 0 Å². The summed E-state index contributed by atoms with van der Waals surface area (Å²) in [5.41, 5.74) is 1.98. The first-order valence-corrected chi connectivity index (χ1v) is 8.93. The Morgan fingerprint density at radius 2 is 1.83 bits per heavy atom. The van der Waals surface area contributed by atoms with E-state index in [1.807, 2.05) is 18.2 Å². The molecular weight excluding hydrogens is 325 g/mol. The highest BCUT2D eigenvalue weighted by molar-refractivity contribution is 6.30. The minimum Gasteiger partial charge on any atom is -0.489 e. The summed E-state index contributed by atoms with van der Waals surface area (Å²) in [7, 11) is 0. The van der Waals surface area contributed by atoms with Crippen molar-refractivity contribution in [2.45, 2.75) is 45.8 Å². The van der Waals surface area contributed by atoms with Gasteiger partial charge in [0, 0.05) is 17.1 Å². The highest BCUT2D eigenvalue weighted by Crippen LogP contribution is 2.24. The summed E-state index contributed by atoms with van der Waals surface area (Å²) in [6, 6.07) is 12.0. The Labute approximate surface area is 149 Å². The first-order chi connectivity index (χ1) is 11.7. The summed E-state index contributed by atoms with van der Waals surface area (Å²) in [4.78, 5) is 0. The number of benzene rings is 2. The molecule has 0 aliphatic carbocycles. The van der Waals surface area contributed by atoms with E-state index >= 15 is 0 Å². The molecule has 2 rings (SSSR count). The van der Waals surface area contributed by atoms with Crippen LogP contribution in [-0.2, 0) is 13.2 Å². The second-order valence-electron chi connectivity index (χ2n) is 5.90. The molecule has 2 nitrogen and oxygen atoms in total. The molecule has 0 aliphatic heterocycles. The monoisotopic (exact) mass is 349 g/mol. The number of hydrogen-bond acceptors (Lipinski definition) is 2. The molecule has 0 aliphatic rings. The van der Waals surface area contributed by atoms with Crippen LogP contribution in [0.2, 0.25) is 5.02 Å². The first kappa shape index (κ1) is 18.8. The summed E-state index contributed by atoms with van der Waals surface area (Å²) < 4.78 is 18.8. The maximum atomic E-state index is 12.9. The molecule has 2 aromatic rings. The third-order valence-corrected chi connectivity index (χ3v) is 4.09. The van der Waals surface area contributed by atoms with E-state index in [1.165, 1.54) is 37.8 Å². The van der Waals surface area contributed by atoms with E-state index in [-0.39, 0.29) is 5.82 Å². The van der Waals surface area contributed by atoms with Crippen LogP contribution in [0.15, 0.2) is 42.5 Å². The summed E-state index contributed by atoms with van der Waals surface area (Å²) in [6.45, 7) is 4.34. The Kier molecular flexibility index (Phi) is 8.06. The van der Waals surface area contributed by atoms with Gasteiger partial charge in [-0.1, -0.05) is 49.9 Å². The van der Waals surface area contributed by atoms with Gasteiger partial charge < -0.3 is 10.1 Å². The number of nitrogens with one attached hydrogen (secondary N) is 1. The third-order valence-electron chi connectivity index (χ3n) is 3.85. The Morgan fingerprint density at radius 3 is 2.58 bits per heavy atom. The summed E-state index contributed by atoms with van der Waals surface area (Å²) in [6.07, 6.45) is 4.97. The number of unbranched alkanes of at least 4 members (excludes halogenated alkanes) is 3. The fraction of sp³-hybridized carbons (Fsp3) is 0.400. The number of hydrogen-bond donors (Lipinski definition) is 1. The van der Waals surface area contributed by atoms with E-state index in [1.54, 1.807) is 12.1 Å². The fourth-order valence-corrected chi connectivity index (χ4v) is 2.66. The second-order valence-corrected chi connectivity index (χ2v) is 6.34. The first-order valence-electron chi connectivity index (χ1n) is 8.55. The molecule has 130 valence electrons. The van der Waals surface area contributed by atoms with Crippen molar-refractivity contribution in [2.24, 2.45) is 0 Å². The smallest absolute Gasteiger partial charge is 0.124 e. The largest absolute Gasteiger partial charge is 0.489 e. The highest BCUT2D eigenvalue weighted by Gasteiger charge is 2.05. The van der Waals surface area contributed by atoms with Crippen molar-refractivity contribution in [3.8, 4) is 5.75 Å². The van der Waals surface area contributed by atoms with Gasteiger partial charge in [0.15, 0.2) is 0 Å². The van der Waals surface area contributed by atoms with Crippen LogP contribution in [0.1, 0.15) is 43.7 Å². The van der Waals surface area contributed by atoms with Crippen LogP contribution in [-0.4, -0.2) is 6.54 Å². The molecule has 0 aromatic heterocycles. The standard InChI is InChI=1S/C20H25ClFNO/c1-2-3-4-5-12-23-14-17-13-18(21)8-11-20(17)24-15-16-6-9-19(22)10-7-16/h6-11,13,23H,2-5,12,14-15H2,1H3. The lowest BCUT2D eigenvalue weighted by atomic mass is 10.1. The molecule has 4 heteroatoms. The lowest BCUT2D eigenvalue weighted by Crippen LogP contribution is -2.15. The van der Waals surface area contributed by atoms with E-state index in [2.05, 4.69) is 12.2 Å². The zero-order valence-corrected chi connectivity index (χ0v) is 14.9. The average molecular weight is 350 g/mol. The number of halogens is 2. The Balaban J connectivity index is 1.88. The number of ether oxygens (including phenoxy) is 1. The van der Waals surface area contributed by atoms with Gasteiger partial charge in [-0.05, 0) is 48.9 Å². The molecule has 2 aromatic carbocycles. The van der Waals surface area contributed by atoms with Gasteiger partial charge in [-0.3, -0.25) is 0 Å². The van der Waals surface area contributed by atoms with E-state index in [0.29, 0.717) is 11.6 Å². The van der Waals surface area contributed by atoms with E-state index in [0.717, 1.165) is 30.0 Å². The SMILES string of the molecule is CCCCCCNCc1cc(Cl)ccc1OCc1ccc(F)cc1. The molecule has 0 saturated carbocycles. The van der Waals surface area contributed by atoms with E-state index < -0.39 is 0 Å². The molecule has 0 unspecified atom stereocenters. The van der Waals surface area contributed by atoms with Crippen LogP contribution in [0.5, 0.6) is 5.75 Å². The van der Waals surface area contributed by atoms with Gasteiger partial charge in [0.1, 0.15) is 18.2 Å². The molecule has 0 fully saturated rings. The predicted octanol–water partition coefficient (Wildman–Crippen LogP) is 5.73. The number of rotatable bonds is 10. The average Bonchev–Trinajstić information content (AvgIpc) is 2.58. The minimum absolute atomic E-state index is 0.238.